The van der Waals surface area contributed by atoms with Gasteiger partial charge in [0.05, 0.1) is 22.9 Å². The molecule has 1 aromatic rings. The monoisotopic (exact) mass is 285 g/mol. The summed E-state index contributed by atoms with van der Waals surface area (Å²) in [5, 5.41) is 7.90. The van der Waals surface area contributed by atoms with Gasteiger partial charge < -0.3 is 5.32 Å². The Morgan fingerprint density at radius 1 is 1.47 bits per heavy atom. The average molecular weight is 285 g/mol. The smallest absolute Gasteiger partial charge is 0.152 e. The minimum atomic E-state index is -2.86. The van der Waals surface area contributed by atoms with Crippen molar-refractivity contribution < 1.29 is 8.42 Å². The van der Waals surface area contributed by atoms with Gasteiger partial charge in [0.2, 0.25) is 0 Å². The highest BCUT2D eigenvalue weighted by Gasteiger charge is 2.37. The summed E-state index contributed by atoms with van der Waals surface area (Å²) in [4.78, 5) is 0. The molecule has 1 N–H and O–H groups in total. The highest BCUT2D eigenvalue weighted by molar-refractivity contribution is 7.91. The van der Waals surface area contributed by atoms with Crippen LogP contribution in [-0.2, 0) is 29.3 Å². The second kappa shape index (κ2) is 5.25. The van der Waals surface area contributed by atoms with Crippen molar-refractivity contribution in [2.75, 3.05) is 11.5 Å². The Morgan fingerprint density at radius 2 is 2.21 bits per heavy atom. The molecular weight excluding hydrogens is 262 g/mol. The van der Waals surface area contributed by atoms with Crippen LogP contribution in [0, 0.1) is 0 Å². The molecule has 0 aromatic carbocycles. The van der Waals surface area contributed by atoms with E-state index in [4.69, 9.17) is 0 Å². The molecule has 0 spiro atoms. The van der Waals surface area contributed by atoms with Crippen LogP contribution >= 0.6 is 0 Å². The highest BCUT2D eigenvalue weighted by Crippen LogP contribution is 2.23. The molecule has 2 heterocycles. The number of aryl methyl sites for hydroxylation is 2. The third-order valence-corrected chi connectivity index (χ3v) is 5.68. The normalized spacial score (nSPS) is 25.8. The van der Waals surface area contributed by atoms with Crippen molar-refractivity contribution >= 4 is 9.84 Å². The first-order valence-corrected chi connectivity index (χ1v) is 8.70. The maximum Gasteiger partial charge on any atom is 0.152 e. The van der Waals surface area contributed by atoms with E-state index >= 15 is 0 Å². The fraction of sp³-hybridized carbons (Fsp3) is 0.769. The predicted octanol–water partition coefficient (Wildman–Crippen LogP) is 1.13. The fourth-order valence-electron chi connectivity index (χ4n) is 2.56. The molecule has 108 valence electrons. The molecule has 1 unspecified atom stereocenters. The molecule has 1 aliphatic heterocycles. The van der Waals surface area contributed by atoms with E-state index < -0.39 is 9.84 Å². The summed E-state index contributed by atoms with van der Waals surface area (Å²) in [5.74, 6) is 0.532. The van der Waals surface area contributed by atoms with Crippen molar-refractivity contribution in [2.24, 2.45) is 0 Å². The molecule has 0 radical (unpaired) electrons. The lowest BCUT2D eigenvalue weighted by atomic mass is 10.0. The van der Waals surface area contributed by atoms with Crippen LogP contribution < -0.4 is 5.32 Å². The first-order chi connectivity index (χ1) is 8.87. The van der Waals surface area contributed by atoms with Gasteiger partial charge in [0.1, 0.15) is 0 Å². The van der Waals surface area contributed by atoms with Crippen LogP contribution in [0.1, 0.15) is 38.6 Å². The molecule has 0 amide bonds. The molecule has 6 heteroatoms. The van der Waals surface area contributed by atoms with Crippen LogP contribution in [0.3, 0.4) is 0 Å². The Balaban J connectivity index is 2.05. The number of rotatable bonds is 5. The lowest BCUT2D eigenvalue weighted by Gasteiger charge is -2.24. The summed E-state index contributed by atoms with van der Waals surface area (Å²) in [6.45, 7) is 7.66. The van der Waals surface area contributed by atoms with Crippen molar-refractivity contribution in [1.82, 2.24) is 15.1 Å². The summed E-state index contributed by atoms with van der Waals surface area (Å²) < 4.78 is 25.1. The van der Waals surface area contributed by atoms with E-state index in [0.29, 0.717) is 18.7 Å². The van der Waals surface area contributed by atoms with E-state index in [1.807, 2.05) is 11.6 Å². The van der Waals surface area contributed by atoms with Crippen molar-refractivity contribution in [3.05, 3.63) is 17.5 Å². The van der Waals surface area contributed by atoms with Crippen LogP contribution in [-0.4, -0.2) is 35.2 Å². The maximum absolute atomic E-state index is 11.6. The van der Waals surface area contributed by atoms with E-state index in [9.17, 15) is 8.42 Å². The number of aromatic nitrogens is 2. The molecule has 0 bridgehead atoms. The molecule has 0 aliphatic carbocycles. The van der Waals surface area contributed by atoms with Gasteiger partial charge in [-0.15, -0.1) is 0 Å². The molecule has 1 aromatic heterocycles. The molecule has 1 aliphatic rings. The van der Waals surface area contributed by atoms with Crippen LogP contribution in [0.5, 0.6) is 0 Å². The number of hydrogen-bond acceptors (Lipinski definition) is 4. The standard InChI is InChI=1S/C13H23N3O2S/c1-4-11-8-12(16(5-2)15-11)9-14-13(3)6-7-19(17,18)10-13/h8,14H,4-7,9-10H2,1-3H3. The topological polar surface area (TPSA) is 64.0 Å². The second-order valence-corrected chi connectivity index (χ2v) is 7.74. The van der Waals surface area contributed by atoms with E-state index in [0.717, 1.165) is 24.4 Å². The zero-order chi connectivity index (χ0) is 14.1. The Morgan fingerprint density at radius 3 is 2.74 bits per heavy atom. The summed E-state index contributed by atoms with van der Waals surface area (Å²) in [7, 11) is -2.86. The minimum absolute atomic E-state index is 0.237. The highest BCUT2D eigenvalue weighted by atomic mass is 32.2. The number of nitrogens with one attached hydrogen (secondary N) is 1. The molecule has 19 heavy (non-hydrogen) atoms. The predicted molar refractivity (Wildman–Crippen MR) is 75.8 cm³/mol. The van der Waals surface area contributed by atoms with Crippen molar-refractivity contribution in [3.8, 4) is 0 Å². The first kappa shape index (κ1) is 14.5. The third-order valence-electron chi connectivity index (χ3n) is 3.78. The second-order valence-electron chi connectivity index (χ2n) is 5.55. The number of sulfone groups is 1. The molecule has 1 fully saturated rings. The Labute approximate surface area is 115 Å². The summed E-state index contributed by atoms with van der Waals surface area (Å²) in [5.41, 5.74) is 1.92. The van der Waals surface area contributed by atoms with Gasteiger partial charge in [0, 0.05) is 18.6 Å². The maximum atomic E-state index is 11.6. The number of nitrogens with zero attached hydrogens (tertiary/aromatic N) is 2. The molecule has 5 nitrogen and oxygen atoms in total. The van der Waals surface area contributed by atoms with Gasteiger partial charge in [-0.25, -0.2) is 8.42 Å². The van der Waals surface area contributed by atoms with E-state index in [-0.39, 0.29) is 11.3 Å². The van der Waals surface area contributed by atoms with Gasteiger partial charge in [-0.1, -0.05) is 6.92 Å². The Hall–Kier alpha value is -0.880. The minimum Gasteiger partial charge on any atom is -0.305 e. The molecule has 1 atom stereocenters. The van der Waals surface area contributed by atoms with Gasteiger partial charge in [-0.3, -0.25) is 4.68 Å². The quantitative estimate of drug-likeness (QED) is 0.881. The third kappa shape index (κ3) is 3.36. The summed E-state index contributed by atoms with van der Waals surface area (Å²) >= 11 is 0. The van der Waals surface area contributed by atoms with Crippen LogP contribution in [0.4, 0.5) is 0 Å². The SMILES string of the molecule is CCc1cc(CNC2(C)CCS(=O)(=O)C2)n(CC)n1. The summed E-state index contributed by atoms with van der Waals surface area (Å²) in [6.07, 6.45) is 1.61. The van der Waals surface area contributed by atoms with Crippen molar-refractivity contribution in [1.29, 1.82) is 0 Å². The zero-order valence-electron chi connectivity index (χ0n) is 11.9. The number of hydrogen-bond donors (Lipinski definition) is 1. The lowest BCUT2D eigenvalue weighted by Crippen LogP contribution is -2.43. The summed E-state index contributed by atoms with van der Waals surface area (Å²) in [6, 6.07) is 2.10. The lowest BCUT2D eigenvalue weighted by molar-refractivity contribution is 0.387. The molecule has 1 saturated heterocycles. The first-order valence-electron chi connectivity index (χ1n) is 6.88. The molecule has 0 saturated carbocycles. The van der Waals surface area contributed by atoms with Gasteiger partial charge in [0.25, 0.3) is 0 Å². The van der Waals surface area contributed by atoms with Crippen LogP contribution in [0.15, 0.2) is 6.07 Å². The molecular formula is C13H23N3O2S. The fourth-order valence-corrected chi connectivity index (χ4v) is 4.68. The Bertz CT molecular complexity index is 550. The zero-order valence-corrected chi connectivity index (χ0v) is 12.8. The van der Waals surface area contributed by atoms with Crippen molar-refractivity contribution in [3.63, 3.8) is 0 Å². The van der Waals surface area contributed by atoms with Gasteiger partial charge in [0.15, 0.2) is 9.84 Å². The van der Waals surface area contributed by atoms with Gasteiger partial charge >= 0.3 is 0 Å². The largest absolute Gasteiger partial charge is 0.305 e. The average Bonchev–Trinajstić information content (AvgIpc) is 2.88. The van der Waals surface area contributed by atoms with Gasteiger partial charge in [-0.05, 0) is 32.8 Å². The van der Waals surface area contributed by atoms with E-state index in [2.05, 4.69) is 30.3 Å². The van der Waals surface area contributed by atoms with Gasteiger partial charge in [-0.2, -0.15) is 5.10 Å². The Kier molecular flexibility index (Phi) is 4.01. The van der Waals surface area contributed by atoms with E-state index in [1.54, 1.807) is 0 Å². The molecule has 2 rings (SSSR count). The van der Waals surface area contributed by atoms with Crippen LogP contribution in [0.2, 0.25) is 0 Å². The van der Waals surface area contributed by atoms with Crippen molar-refractivity contribution in [2.45, 2.75) is 52.2 Å². The van der Waals surface area contributed by atoms with Crippen LogP contribution in [0.25, 0.3) is 0 Å². The van der Waals surface area contributed by atoms with E-state index in [1.165, 1.54) is 0 Å².